The average molecular weight is 328 g/mol. The minimum Gasteiger partial charge on any atom is -0.295 e. The molecule has 0 aliphatic rings. The van der Waals surface area contributed by atoms with E-state index in [1.165, 1.54) is 6.26 Å². The minimum atomic E-state index is -3.17. The van der Waals surface area contributed by atoms with E-state index < -0.39 is 9.84 Å². The zero-order chi connectivity index (χ0) is 17.0. The van der Waals surface area contributed by atoms with Crippen molar-refractivity contribution in [3.63, 3.8) is 0 Å². The van der Waals surface area contributed by atoms with Gasteiger partial charge in [-0.25, -0.2) is 8.42 Å². The van der Waals surface area contributed by atoms with Gasteiger partial charge in [0.05, 0.1) is 16.5 Å². The second kappa shape index (κ2) is 6.95. The Morgan fingerprint density at radius 3 is 2.39 bits per heavy atom. The number of hydrogen-bond acceptors (Lipinski definition) is 4. The fourth-order valence-corrected chi connectivity index (χ4v) is 3.04. The molecule has 4 nitrogen and oxygen atoms in total. The molecule has 0 aliphatic carbocycles. The Balaban J connectivity index is 2.13. The monoisotopic (exact) mass is 328 g/mol. The summed E-state index contributed by atoms with van der Waals surface area (Å²) >= 11 is 0. The van der Waals surface area contributed by atoms with Crippen LogP contribution in [0, 0.1) is 11.3 Å². The van der Waals surface area contributed by atoms with Gasteiger partial charge in [-0.2, -0.15) is 5.26 Å². The lowest BCUT2D eigenvalue weighted by Gasteiger charge is -2.25. The summed E-state index contributed by atoms with van der Waals surface area (Å²) in [7, 11) is -1.16. The smallest absolute Gasteiger partial charge is 0.175 e. The third-order valence-corrected chi connectivity index (χ3v) is 5.07. The van der Waals surface area contributed by atoms with Crippen LogP contribution in [-0.2, 0) is 16.4 Å². The zero-order valence-corrected chi connectivity index (χ0v) is 14.3. The van der Waals surface area contributed by atoms with Crippen LogP contribution in [0.3, 0.4) is 0 Å². The quantitative estimate of drug-likeness (QED) is 0.846. The Morgan fingerprint density at radius 2 is 1.83 bits per heavy atom. The Kier molecular flexibility index (Phi) is 5.19. The molecule has 0 fully saturated rings. The van der Waals surface area contributed by atoms with Crippen molar-refractivity contribution in [1.29, 1.82) is 5.26 Å². The predicted molar refractivity (Wildman–Crippen MR) is 90.6 cm³/mol. The molecular formula is C18H20N2O2S. The third-order valence-electron chi connectivity index (χ3n) is 3.94. The summed E-state index contributed by atoms with van der Waals surface area (Å²) in [4.78, 5) is 2.49. The molecule has 0 radical (unpaired) electrons. The highest BCUT2D eigenvalue weighted by molar-refractivity contribution is 7.90. The molecule has 2 rings (SSSR count). The van der Waals surface area contributed by atoms with E-state index in [-0.39, 0.29) is 6.04 Å². The van der Waals surface area contributed by atoms with Gasteiger partial charge in [-0.1, -0.05) is 24.3 Å². The van der Waals surface area contributed by atoms with Gasteiger partial charge in [0.25, 0.3) is 0 Å². The first-order valence-corrected chi connectivity index (χ1v) is 9.19. The Morgan fingerprint density at radius 1 is 1.17 bits per heavy atom. The molecule has 0 aromatic heterocycles. The van der Waals surface area contributed by atoms with Gasteiger partial charge in [0.15, 0.2) is 9.84 Å². The maximum absolute atomic E-state index is 11.5. The number of nitrogens with zero attached hydrogens (tertiary/aromatic N) is 2. The molecule has 5 heteroatoms. The van der Waals surface area contributed by atoms with Crippen LogP contribution >= 0.6 is 0 Å². The summed E-state index contributed by atoms with van der Waals surface area (Å²) in [6.07, 6.45) is 1.21. The molecule has 0 spiro atoms. The van der Waals surface area contributed by atoms with E-state index in [0.29, 0.717) is 17.0 Å². The number of hydrogen-bond donors (Lipinski definition) is 0. The molecule has 2 aromatic rings. The second-order valence-electron chi connectivity index (χ2n) is 5.74. The molecule has 1 atom stereocenters. The number of rotatable bonds is 5. The minimum absolute atomic E-state index is 0.134. The van der Waals surface area contributed by atoms with Crippen molar-refractivity contribution in [2.45, 2.75) is 24.4 Å². The molecule has 2 aromatic carbocycles. The first kappa shape index (κ1) is 17.2. The van der Waals surface area contributed by atoms with Crippen LogP contribution in [0.15, 0.2) is 53.4 Å². The SMILES string of the molecule is C[C@H](c1ccc(S(C)(=O)=O)cc1)N(C)Cc1cccc(C#N)c1. The summed E-state index contributed by atoms with van der Waals surface area (Å²) in [5.74, 6) is 0. The molecule has 0 heterocycles. The molecule has 0 saturated heterocycles. The lowest BCUT2D eigenvalue weighted by atomic mass is 10.1. The van der Waals surface area contributed by atoms with Crippen molar-refractivity contribution < 1.29 is 8.42 Å². The van der Waals surface area contributed by atoms with E-state index >= 15 is 0 Å². The number of nitriles is 1. The molecule has 120 valence electrons. The highest BCUT2D eigenvalue weighted by atomic mass is 32.2. The van der Waals surface area contributed by atoms with Crippen LogP contribution in [0.1, 0.15) is 29.7 Å². The molecule has 23 heavy (non-hydrogen) atoms. The highest BCUT2D eigenvalue weighted by Crippen LogP contribution is 2.22. The van der Waals surface area contributed by atoms with Gasteiger partial charge in [-0.15, -0.1) is 0 Å². The van der Waals surface area contributed by atoms with E-state index in [1.807, 2.05) is 37.4 Å². The third kappa shape index (κ3) is 4.41. The van der Waals surface area contributed by atoms with Gasteiger partial charge in [-0.05, 0) is 49.4 Å². The van der Waals surface area contributed by atoms with E-state index in [1.54, 1.807) is 18.2 Å². The molecule has 0 saturated carbocycles. The average Bonchev–Trinajstić information content (AvgIpc) is 2.53. The highest BCUT2D eigenvalue weighted by Gasteiger charge is 2.14. The van der Waals surface area contributed by atoms with E-state index in [2.05, 4.69) is 17.9 Å². The van der Waals surface area contributed by atoms with E-state index in [9.17, 15) is 8.42 Å². The van der Waals surface area contributed by atoms with Crippen molar-refractivity contribution in [2.75, 3.05) is 13.3 Å². The van der Waals surface area contributed by atoms with E-state index in [0.717, 1.165) is 11.1 Å². The fourth-order valence-electron chi connectivity index (χ4n) is 2.41. The summed E-state index contributed by atoms with van der Waals surface area (Å²) in [6.45, 7) is 2.79. The first-order valence-electron chi connectivity index (χ1n) is 7.30. The Labute approximate surface area is 137 Å². The van der Waals surface area contributed by atoms with Crippen molar-refractivity contribution in [1.82, 2.24) is 4.90 Å². The van der Waals surface area contributed by atoms with Crippen LogP contribution in [0.2, 0.25) is 0 Å². The van der Waals surface area contributed by atoms with Crippen molar-refractivity contribution in [3.05, 3.63) is 65.2 Å². The van der Waals surface area contributed by atoms with Crippen LogP contribution < -0.4 is 0 Å². The molecule has 0 aliphatic heterocycles. The van der Waals surface area contributed by atoms with Crippen LogP contribution in [0.4, 0.5) is 0 Å². The molecule has 0 N–H and O–H groups in total. The topological polar surface area (TPSA) is 61.2 Å². The lowest BCUT2D eigenvalue weighted by molar-refractivity contribution is 0.253. The predicted octanol–water partition coefficient (Wildman–Crippen LogP) is 3.15. The Bertz CT molecular complexity index is 821. The Hall–Kier alpha value is -2.16. The number of sulfone groups is 1. The zero-order valence-electron chi connectivity index (χ0n) is 13.5. The van der Waals surface area contributed by atoms with E-state index in [4.69, 9.17) is 5.26 Å². The molecule has 0 bridgehead atoms. The molecule has 0 unspecified atom stereocenters. The van der Waals surface area contributed by atoms with Gasteiger partial charge in [0, 0.05) is 18.8 Å². The summed E-state index contributed by atoms with van der Waals surface area (Å²) < 4.78 is 23.0. The normalized spacial score (nSPS) is 12.8. The van der Waals surface area contributed by atoms with Crippen molar-refractivity contribution in [3.8, 4) is 6.07 Å². The van der Waals surface area contributed by atoms with Crippen LogP contribution in [-0.4, -0.2) is 26.6 Å². The summed E-state index contributed by atoms with van der Waals surface area (Å²) in [5.41, 5.74) is 2.78. The second-order valence-corrected chi connectivity index (χ2v) is 7.76. The van der Waals surface area contributed by atoms with Gasteiger partial charge in [0.1, 0.15) is 0 Å². The lowest BCUT2D eigenvalue weighted by Crippen LogP contribution is -2.22. The first-order chi connectivity index (χ1) is 10.8. The largest absolute Gasteiger partial charge is 0.295 e. The van der Waals surface area contributed by atoms with Gasteiger partial charge in [-0.3, -0.25) is 4.90 Å². The standard InChI is InChI=1S/C18H20N2O2S/c1-14(17-7-9-18(10-8-17)23(3,21)22)20(2)13-16-6-4-5-15(11-16)12-19/h4-11,14H,13H2,1-3H3/t14-/m1/s1. The fraction of sp³-hybridized carbons (Fsp3) is 0.278. The maximum atomic E-state index is 11.5. The molecule has 0 amide bonds. The van der Waals surface area contributed by atoms with Gasteiger partial charge in [0.2, 0.25) is 0 Å². The van der Waals surface area contributed by atoms with Crippen molar-refractivity contribution in [2.24, 2.45) is 0 Å². The van der Waals surface area contributed by atoms with Crippen molar-refractivity contribution >= 4 is 9.84 Å². The van der Waals surface area contributed by atoms with Gasteiger partial charge >= 0.3 is 0 Å². The maximum Gasteiger partial charge on any atom is 0.175 e. The molecular weight excluding hydrogens is 308 g/mol. The van der Waals surface area contributed by atoms with Gasteiger partial charge < -0.3 is 0 Å². The summed E-state index contributed by atoms with van der Waals surface area (Å²) in [5, 5.41) is 8.96. The number of benzene rings is 2. The van der Waals surface area contributed by atoms with Crippen LogP contribution in [0.5, 0.6) is 0 Å². The summed E-state index contributed by atoms with van der Waals surface area (Å²) in [6, 6.07) is 16.8. The van der Waals surface area contributed by atoms with Crippen LogP contribution in [0.25, 0.3) is 0 Å².